The van der Waals surface area contributed by atoms with Crippen molar-refractivity contribution in [3.05, 3.63) is 0 Å². The molecule has 1 aliphatic rings. The lowest BCUT2D eigenvalue weighted by molar-refractivity contribution is 0.119. The van der Waals surface area contributed by atoms with Crippen LogP contribution in [0.3, 0.4) is 0 Å². The number of hydrogen-bond donors (Lipinski definition) is 1. The van der Waals surface area contributed by atoms with Crippen LogP contribution in [0.4, 0.5) is 0 Å². The number of likely N-dealkylation sites (tertiary alicyclic amines) is 1. The van der Waals surface area contributed by atoms with Gasteiger partial charge >= 0.3 is 0 Å². The van der Waals surface area contributed by atoms with Gasteiger partial charge in [0.2, 0.25) is 0 Å². The van der Waals surface area contributed by atoms with Crippen LogP contribution in [0, 0.1) is 5.92 Å². The molecule has 2 nitrogen and oxygen atoms in total. The van der Waals surface area contributed by atoms with Crippen LogP contribution in [0.1, 0.15) is 64.7 Å². The molecule has 1 unspecified atom stereocenters. The quantitative estimate of drug-likeness (QED) is 0.625. The molecule has 1 heterocycles. The number of aliphatic hydroxyl groups excluding tert-OH is 1. The zero-order valence-corrected chi connectivity index (χ0v) is 11.7. The maximum absolute atomic E-state index is 9.17. The first kappa shape index (κ1) is 15.0. The molecule has 0 aromatic rings. The Kier molecular flexibility index (Phi) is 8.72. The predicted molar refractivity (Wildman–Crippen MR) is 74.2 cm³/mol. The summed E-state index contributed by atoms with van der Waals surface area (Å²) in [4.78, 5) is 2.55. The molecular weight excluding hydrogens is 210 g/mol. The van der Waals surface area contributed by atoms with E-state index in [9.17, 15) is 5.11 Å². The van der Waals surface area contributed by atoms with E-state index in [2.05, 4.69) is 11.8 Å². The summed E-state index contributed by atoms with van der Waals surface area (Å²) in [5.74, 6) is 0.549. The van der Waals surface area contributed by atoms with E-state index in [1.165, 1.54) is 70.9 Å². The van der Waals surface area contributed by atoms with Crippen LogP contribution in [-0.4, -0.2) is 36.2 Å². The van der Waals surface area contributed by atoms with E-state index in [4.69, 9.17) is 0 Å². The molecule has 17 heavy (non-hydrogen) atoms. The van der Waals surface area contributed by atoms with Crippen molar-refractivity contribution in [2.24, 2.45) is 5.92 Å². The lowest BCUT2D eigenvalue weighted by atomic mass is 9.99. The highest BCUT2D eigenvalue weighted by molar-refractivity contribution is 4.72. The minimum atomic E-state index is 0.382. The second-order valence-electron chi connectivity index (χ2n) is 5.61. The van der Waals surface area contributed by atoms with Crippen molar-refractivity contribution in [2.75, 3.05) is 26.2 Å². The highest BCUT2D eigenvalue weighted by atomic mass is 16.3. The molecule has 1 rings (SSSR count). The lowest BCUT2D eigenvalue weighted by Gasteiger charge is -2.31. The lowest BCUT2D eigenvalue weighted by Crippen LogP contribution is -2.37. The Hall–Kier alpha value is -0.0800. The van der Waals surface area contributed by atoms with Crippen molar-refractivity contribution in [2.45, 2.75) is 64.7 Å². The van der Waals surface area contributed by atoms with Gasteiger partial charge in [-0.3, -0.25) is 0 Å². The molecule has 0 aliphatic carbocycles. The zero-order chi connectivity index (χ0) is 12.3. The number of hydrogen-bond acceptors (Lipinski definition) is 2. The van der Waals surface area contributed by atoms with Crippen molar-refractivity contribution >= 4 is 0 Å². The van der Waals surface area contributed by atoms with Gasteiger partial charge in [0.25, 0.3) is 0 Å². The van der Waals surface area contributed by atoms with Crippen LogP contribution in [-0.2, 0) is 0 Å². The summed E-state index contributed by atoms with van der Waals surface area (Å²) in [6.07, 6.45) is 12.3. The van der Waals surface area contributed by atoms with E-state index in [1.54, 1.807) is 0 Å². The van der Waals surface area contributed by atoms with Gasteiger partial charge in [-0.15, -0.1) is 0 Å². The van der Waals surface area contributed by atoms with Gasteiger partial charge in [-0.2, -0.15) is 0 Å². The van der Waals surface area contributed by atoms with Gasteiger partial charge in [-0.05, 0) is 38.3 Å². The van der Waals surface area contributed by atoms with Crippen LogP contribution in [0.5, 0.6) is 0 Å². The van der Waals surface area contributed by atoms with Gasteiger partial charge < -0.3 is 10.0 Å². The van der Waals surface area contributed by atoms with Crippen LogP contribution in [0.15, 0.2) is 0 Å². The maximum atomic E-state index is 9.17. The number of nitrogens with zero attached hydrogens (tertiary/aromatic N) is 1. The molecule has 0 aromatic carbocycles. The van der Waals surface area contributed by atoms with Gasteiger partial charge in [0, 0.05) is 13.2 Å². The van der Waals surface area contributed by atoms with Gasteiger partial charge in [0.05, 0.1) is 0 Å². The zero-order valence-electron chi connectivity index (χ0n) is 11.7. The van der Waals surface area contributed by atoms with E-state index in [-0.39, 0.29) is 0 Å². The first-order valence-electron chi connectivity index (χ1n) is 7.70. The molecular formula is C15H31NO. The third-order valence-electron chi connectivity index (χ3n) is 3.94. The second kappa shape index (κ2) is 9.90. The molecule has 102 valence electrons. The van der Waals surface area contributed by atoms with Gasteiger partial charge in [0.1, 0.15) is 0 Å². The minimum absolute atomic E-state index is 0.382. The number of rotatable bonds is 9. The first-order valence-corrected chi connectivity index (χ1v) is 7.70. The molecule has 0 bridgehead atoms. The van der Waals surface area contributed by atoms with E-state index < -0.39 is 0 Å². The van der Waals surface area contributed by atoms with Crippen molar-refractivity contribution in [1.82, 2.24) is 4.90 Å². The largest absolute Gasteiger partial charge is 0.396 e. The molecule has 0 spiro atoms. The number of piperidine rings is 1. The molecule has 1 aliphatic heterocycles. The topological polar surface area (TPSA) is 23.5 Å². The summed E-state index contributed by atoms with van der Waals surface area (Å²) in [5.41, 5.74) is 0. The smallest absolute Gasteiger partial charge is 0.0471 e. The molecule has 1 saturated heterocycles. The van der Waals surface area contributed by atoms with Gasteiger partial charge in [-0.25, -0.2) is 0 Å². The van der Waals surface area contributed by atoms with Crippen LogP contribution < -0.4 is 0 Å². The molecule has 0 saturated carbocycles. The van der Waals surface area contributed by atoms with E-state index >= 15 is 0 Å². The Morgan fingerprint density at radius 1 is 1.06 bits per heavy atom. The van der Waals surface area contributed by atoms with Crippen molar-refractivity contribution in [1.29, 1.82) is 0 Å². The Labute approximate surface area is 107 Å². The molecule has 2 heteroatoms. The summed E-state index contributed by atoms with van der Waals surface area (Å²) in [5, 5.41) is 9.17. The van der Waals surface area contributed by atoms with E-state index in [0.717, 1.165) is 6.54 Å². The molecule has 1 N–H and O–H groups in total. The normalized spacial score (nSPS) is 21.9. The molecule has 1 fully saturated rings. The summed E-state index contributed by atoms with van der Waals surface area (Å²) in [7, 11) is 0. The number of unbranched alkanes of at least 4 members (excludes halogenated alkanes) is 6. The van der Waals surface area contributed by atoms with Crippen molar-refractivity contribution in [3.63, 3.8) is 0 Å². The fourth-order valence-corrected chi connectivity index (χ4v) is 2.80. The van der Waals surface area contributed by atoms with Crippen LogP contribution >= 0.6 is 0 Å². The minimum Gasteiger partial charge on any atom is -0.396 e. The molecule has 0 amide bonds. The standard InChI is InChI=1S/C15H31NO/c1-2-3-4-5-6-7-8-11-16-12-9-10-15(13-16)14-17/h15,17H,2-14H2,1H3. The third kappa shape index (κ3) is 7.05. The maximum Gasteiger partial charge on any atom is 0.0471 e. The second-order valence-corrected chi connectivity index (χ2v) is 5.61. The van der Waals surface area contributed by atoms with Crippen LogP contribution in [0.2, 0.25) is 0 Å². The fraction of sp³-hybridized carbons (Fsp3) is 1.00. The molecule has 0 radical (unpaired) electrons. The Morgan fingerprint density at radius 3 is 2.47 bits per heavy atom. The van der Waals surface area contributed by atoms with Gasteiger partial charge in [-0.1, -0.05) is 45.4 Å². The summed E-state index contributed by atoms with van der Waals surface area (Å²) in [6.45, 7) is 6.30. The van der Waals surface area contributed by atoms with Crippen molar-refractivity contribution in [3.8, 4) is 0 Å². The molecule has 1 atom stereocenters. The van der Waals surface area contributed by atoms with E-state index in [1.807, 2.05) is 0 Å². The Bertz CT molecular complexity index is 172. The summed E-state index contributed by atoms with van der Waals surface area (Å²) >= 11 is 0. The van der Waals surface area contributed by atoms with Crippen molar-refractivity contribution < 1.29 is 5.11 Å². The fourth-order valence-electron chi connectivity index (χ4n) is 2.80. The monoisotopic (exact) mass is 241 g/mol. The van der Waals surface area contributed by atoms with Crippen LogP contribution in [0.25, 0.3) is 0 Å². The third-order valence-corrected chi connectivity index (χ3v) is 3.94. The average Bonchev–Trinajstić information content (AvgIpc) is 2.38. The van der Waals surface area contributed by atoms with E-state index in [0.29, 0.717) is 12.5 Å². The highest BCUT2D eigenvalue weighted by Gasteiger charge is 2.18. The highest BCUT2D eigenvalue weighted by Crippen LogP contribution is 2.16. The number of aliphatic hydroxyl groups is 1. The Balaban J connectivity index is 1.91. The van der Waals surface area contributed by atoms with Gasteiger partial charge in [0.15, 0.2) is 0 Å². The summed E-state index contributed by atoms with van der Waals surface area (Å²) in [6, 6.07) is 0. The first-order chi connectivity index (χ1) is 8.36. The Morgan fingerprint density at radius 2 is 1.76 bits per heavy atom. The average molecular weight is 241 g/mol. The molecule has 0 aromatic heterocycles. The SMILES string of the molecule is CCCCCCCCCN1CCCC(CO)C1. The summed E-state index contributed by atoms with van der Waals surface area (Å²) < 4.78 is 0. The predicted octanol–water partition coefficient (Wildman–Crippen LogP) is 3.44.